The maximum absolute atomic E-state index is 10.9. The van der Waals surface area contributed by atoms with Gasteiger partial charge in [0, 0.05) is 11.1 Å². The highest BCUT2D eigenvalue weighted by Crippen LogP contribution is 2.45. The van der Waals surface area contributed by atoms with Gasteiger partial charge in [0.05, 0.1) is 18.8 Å². The number of rotatable bonds is 2. The molecule has 0 bridgehead atoms. The van der Waals surface area contributed by atoms with Gasteiger partial charge in [-0.25, -0.2) is 0 Å². The first-order valence-corrected chi connectivity index (χ1v) is 8.62. The Morgan fingerprint density at radius 3 is 2.33 bits per heavy atom. The van der Waals surface area contributed by atoms with Crippen molar-refractivity contribution in [1.29, 1.82) is 0 Å². The lowest BCUT2D eigenvalue weighted by Crippen LogP contribution is -2.46. The van der Waals surface area contributed by atoms with Crippen LogP contribution >= 0.6 is 0 Å². The van der Waals surface area contributed by atoms with Crippen molar-refractivity contribution in [1.82, 2.24) is 0 Å². The van der Waals surface area contributed by atoms with Crippen LogP contribution in [0.4, 0.5) is 0 Å². The van der Waals surface area contributed by atoms with Crippen molar-refractivity contribution in [2.45, 2.75) is 45.2 Å². The van der Waals surface area contributed by atoms with Crippen LogP contribution in [-0.4, -0.2) is 43.8 Å². The number of aliphatic hydroxyl groups is 2. The summed E-state index contributed by atoms with van der Waals surface area (Å²) >= 11 is 0. The van der Waals surface area contributed by atoms with Gasteiger partial charge >= 0.3 is 0 Å². The van der Waals surface area contributed by atoms with Gasteiger partial charge in [0.2, 0.25) is 0 Å². The Hall–Kier alpha value is -2.48. The van der Waals surface area contributed by atoms with Gasteiger partial charge < -0.3 is 35.0 Å². The number of hydrogen-bond acceptors (Lipinski definition) is 7. The zero-order valence-corrected chi connectivity index (χ0v) is 15.4. The molecular weight excluding hydrogens is 352 g/mol. The Morgan fingerprint density at radius 1 is 1.07 bits per heavy atom. The Morgan fingerprint density at radius 2 is 1.70 bits per heavy atom. The molecule has 1 heterocycles. The van der Waals surface area contributed by atoms with Crippen LogP contribution in [0.1, 0.15) is 42.2 Å². The molecule has 1 aliphatic rings. The summed E-state index contributed by atoms with van der Waals surface area (Å²) in [7, 11) is 0. The topological polar surface area (TPSA) is 120 Å². The molecule has 0 spiro atoms. The molecule has 0 amide bonds. The van der Waals surface area contributed by atoms with Gasteiger partial charge in [-0.2, -0.15) is 0 Å². The van der Waals surface area contributed by atoms with Gasteiger partial charge in [-0.15, -0.1) is 0 Å². The van der Waals surface area contributed by atoms with Gasteiger partial charge in [-0.1, -0.05) is 6.07 Å². The van der Waals surface area contributed by atoms with E-state index < -0.39 is 17.8 Å². The third-order valence-electron chi connectivity index (χ3n) is 4.88. The SMILES string of the molecule is Cc1cc(O)c(C(O)c2c(O)cccc2O)c2c1OC(C)(C)C(O)COC2. The first-order chi connectivity index (χ1) is 12.6. The van der Waals surface area contributed by atoms with Crippen molar-refractivity contribution in [2.24, 2.45) is 0 Å². The summed E-state index contributed by atoms with van der Waals surface area (Å²) in [5, 5.41) is 51.8. The molecule has 0 fully saturated rings. The second-order valence-corrected chi connectivity index (χ2v) is 7.28. The fraction of sp³-hybridized carbons (Fsp3) is 0.400. The number of hydrogen-bond donors (Lipinski definition) is 5. The van der Waals surface area contributed by atoms with Crippen LogP contribution in [0.5, 0.6) is 23.0 Å². The highest BCUT2D eigenvalue weighted by atomic mass is 16.5. The molecule has 7 nitrogen and oxygen atoms in total. The minimum absolute atomic E-state index is 0.0124. The van der Waals surface area contributed by atoms with Crippen molar-refractivity contribution >= 4 is 0 Å². The number of phenolic OH excluding ortho intramolecular Hbond substituents is 3. The maximum atomic E-state index is 10.9. The fourth-order valence-corrected chi connectivity index (χ4v) is 3.22. The number of aryl methyl sites for hydroxylation is 1. The molecule has 3 rings (SSSR count). The van der Waals surface area contributed by atoms with Crippen LogP contribution in [0.3, 0.4) is 0 Å². The normalized spacial score (nSPS) is 20.1. The Kier molecular flexibility index (Phi) is 4.94. The van der Waals surface area contributed by atoms with Crippen LogP contribution in [0.25, 0.3) is 0 Å². The molecule has 1 aliphatic heterocycles. The molecule has 0 aromatic heterocycles. The van der Waals surface area contributed by atoms with Gasteiger partial charge in [0.15, 0.2) is 0 Å². The van der Waals surface area contributed by atoms with E-state index in [2.05, 4.69) is 0 Å². The van der Waals surface area contributed by atoms with E-state index in [0.717, 1.165) is 0 Å². The lowest BCUT2D eigenvalue weighted by molar-refractivity contribution is -0.0854. The van der Waals surface area contributed by atoms with Gasteiger partial charge in [0.1, 0.15) is 40.8 Å². The molecular formula is C20H24O7. The summed E-state index contributed by atoms with van der Waals surface area (Å²) in [5.74, 6) is -0.452. The minimum atomic E-state index is -1.51. The van der Waals surface area contributed by atoms with E-state index in [1.807, 2.05) is 0 Å². The quantitative estimate of drug-likeness (QED) is 0.545. The number of aliphatic hydroxyl groups excluding tert-OH is 2. The Bertz CT molecular complexity index is 840. The van der Waals surface area contributed by atoms with Gasteiger partial charge in [-0.3, -0.25) is 0 Å². The molecule has 0 saturated carbocycles. The molecule has 2 aromatic carbocycles. The summed E-state index contributed by atoms with van der Waals surface area (Å²) in [6.45, 7) is 5.15. The maximum Gasteiger partial charge on any atom is 0.131 e. The summed E-state index contributed by atoms with van der Waals surface area (Å²) in [6.07, 6.45) is -2.38. The molecule has 146 valence electrons. The number of aromatic hydroxyl groups is 3. The highest BCUT2D eigenvalue weighted by molar-refractivity contribution is 5.58. The predicted octanol–water partition coefficient (Wildman–Crippen LogP) is 2.24. The van der Waals surface area contributed by atoms with Gasteiger partial charge in [-0.05, 0) is 44.5 Å². The zero-order valence-electron chi connectivity index (χ0n) is 15.4. The number of fused-ring (bicyclic) bond motifs is 1. The van der Waals surface area contributed by atoms with Crippen LogP contribution in [0.2, 0.25) is 0 Å². The fourth-order valence-electron chi connectivity index (χ4n) is 3.22. The van der Waals surface area contributed by atoms with Crippen LogP contribution in [-0.2, 0) is 11.3 Å². The predicted molar refractivity (Wildman–Crippen MR) is 97.0 cm³/mol. The largest absolute Gasteiger partial charge is 0.508 e. The van der Waals surface area contributed by atoms with Crippen LogP contribution < -0.4 is 4.74 Å². The zero-order chi connectivity index (χ0) is 19.9. The van der Waals surface area contributed by atoms with E-state index in [0.29, 0.717) is 16.9 Å². The Labute approximate surface area is 157 Å². The first kappa shape index (κ1) is 19.3. The van der Waals surface area contributed by atoms with Crippen molar-refractivity contribution in [2.75, 3.05) is 6.61 Å². The van der Waals surface area contributed by atoms with E-state index in [-0.39, 0.29) is 41.6 Å². The summed E-state index contributed by atoms with van der Waals surface area (Å²) < 4.78 is 11.6. The molecule has 5 N–H and O–H groups in total. The summed E-state index contributed by atoms with van der Waals surface area (Å²) in [4.78, 5) is 0. The van der Waals surface area contributed by atoms with Crippen molar-refractivity contribution in [3.63, 3.8) is 0 Å². The summed E-state index contributed by atoms with van der Waals surface area (Å²) in [5.41, 5.74) is -0.0240. The second-order valence-electron chi connectivity index (χ2n) is 7.28. The van der Waals surface area contributed by atoms with Crippen LogP contribution in [0, 0.1) is 6.92 Å². The van der Waals surface area contributed by atoms with Crippen molar-refractivity contribution in [3.8, 4) is 23.0 Å². The van der Waals surface area contributed by atoms with Gasteiger partial charge in [0.25, 0.3) is 0 Å². The van der Waals surface area contributed by atoms with Crippen LogP contribution in [0.15, 0.2) is 24.3 Å². The molecule has 0 radical (unpaired) electrons. The number of benzene rings is 2. The minimum Gasteiger partial charge on any atom is -0.508 e. The molecule has 2 unspecified atom stereocenters. The monoisotopic (exact) mass is 376 g/mol. The number of ether oxygens (including phenoxy) is 2. The van der Waals surface area contributed by atoms with E-state index in [9.17, 15) is 25.5 Å². The van der Waals surface area contributed by atoms with E-state index in [1.54, 1.807) is 20.8 Å². The third-order valence-corrected chi connectivity index (χ3v) is 4.88. The molecule has 0 aliphatic carbocycles. The Balaban J connectivity index is 2.20. The van der Waals surface area contributed by atoms with E-state index >= 15 is 0 Å². The van der Waals surface area contributed by atoms with E-state index in [4.69, 9.17) is 9.47 Å². The molecule has 0 saturated heterocycles. The first-order valence-electron chi connectivity index (χ1n) is 8.62. The van der Waals surface area contributed by atoms with Crippen molar-refractivity contribution in [3.05, 3.63) is 46.5 Å². The molecule has 7 heteroatoms. The summed E-state index contributed by atoms with van der Waals surface area (Å²) in [6, 6.07) is 5.54. The van der Waals surface area contributed by atoms with Crippen molar-refractivity contribution < 1.29 is 35.0 Å². The molecule has 2 aromatic rings. The number of phenols is 3. The molecule has 2 atom stereocenters. The lowest BCUT2D eigenvalue weighted by atomic mass is 9.91. The van der Waals surface area contributed by atoms with E-state index in [1.165, 1.54) is 24.3 Å². The average Bonchev–Trinajstić information content (AvgIpc) is 2.56. The second kappa shape index (κ2) is 6.92. The lowest BCUT2D eigenvalue weighted by Gasteiger charge is -2.36. The standard InChI is InChI=1S/C20H24O7/c1-10-7-14(23)16(18(25)17-12(21)5-4-6-13(17)22)11-8-26-9-15(24)20(2,3)27-19(10)11/h4-7,15,18,21-25H,8-9H2,1-3H3. The smallest absolute Gasteiger partial charge is 0.131 e. The third kappa shape index (κ3) is 3.41. The molecule has 27 heavy (non-hydrogen) atoms. The average molecular weight is 376 g/mol. The highest BCUT2D eigenvalue weighted by Gasteiger charge is 2.36.